The second kappa shape index (κ2) is 8.85. The number of carbonyl (C=O) groups is 2. The van der Waals surface area contributed by atoms with Crippen LogP contribution in [0.25, 0.3) is 0 Å². The number of hydrogen-bond donors (Lipinski definition) is 1. The summed E-state index contributed by atoms with van der Waals surface area (Å²) in [7, 11) is -3.64. The van der Waals surface area contributed by atoms with Crippen LogP contribution in [0.5, 0.6) is 0 Å². The highest BCUT2D eigenvalue weighted by atomic mass is 35.5. The molecule has 1 saturated carbocycles. The normalized spacial score (nSPS) is 24.5. The van der Waals surface area contributed by atoms with Crippen LogP contribution in [-0.4, -0.2) is 55.5 Å². The predicted octanol–water partition coefficient (Wildman–Crippen LogP) is 2.85. The lowest BCUT2D eigenvalue weighted by Gasteiger charge is -2.47. The molecular weight excluding hydrogens is 426 g/mol. The minimum atomic E-state index is -3.64. The highest BCUT2D eigenvalue weighted by Gasteiger charge is 2.50. The van der Waals surface area contributed by atoms with Gasteiger partial charge in [-0.1, -0.05) is 37.3 Å². The van der Waals surface area contributed by atoms with Gasteiger partial charge in [-0.05, 0) is 50.5 Å². The van der Waals surface area contributed by atoms with E-state index < -0.39 is 21.5 Å². The smallest absolute Gasteiger partial charge is 0.247 e. The second-order valence-corrected chi connectivity index (χ2v) is 11.0. The molecule has 1 aliphatic heterocycles. The van der Waals surface area contributed by atoms with Gasteiger partial charge < -0.3 is 5.32 Å². The Balaban J connectivity index is 2.00. The molecule has 0 aromatic heterocycles. The fourth-order valence-corrected chi connectivity index (χ4v) is 5.47. The second-order valence-electron chi connectivity index (χ2n) is 8.63. The zero-order valence-electron chi connectivity index (χ0n) is 17.8. The lowest BCUT2D eigenvalue weighted by molar-refractivity contribution is -0.133. The van der Waals surface area contributed by atoms with Crippen molar-refractivity contribution in [2.75, 3.05) is 24.2 Å². The van der Waals surface area contributed by atoms with Crippen molar-refractivity contribution in [3.05, 3.63) is 28.8 Å². The summed E-state index contributed by atoms with van der Waals surface area (Å²) in [6.45, 7) is 3.06. The average molecular weight is 456 g/mol. The first kappa shape index (κ1) is 23.0. The van der Waals surface area contributed by atoms with Crippen molar-refractivity contribution >= 4 is 39.1 Å². The molecule has 1 N–H and O–H groups in total. The highest BCUT2D eigenvalue weighted by Crippen LogP contribution is 2.34. The minimum absolute atomic E-state index is 0.0358. The molecule has 3 rings (SSSR count). The molecule has 0 spiro atoms. The van der Waals surface area contributed by atoms with E-state index in [2.05, 4.69) is 5.32 Å². The number of hydrogen-bond acceptors (Lipinski definition) is 4. The van der Waals surface area contributed by atoms with Crippen LogP contribution in [0.15, 0.2) is 18.2 Å². The molecule has 1 aromatic carbocycles. The van der Waals surface area contributed by atoms with Crippen LogP contribution in [0, 0.1) is 6.92 Å². The van der Waals surface area contributed by atoms with E-state index in [0.717, 1.165) is 54.6 Å². The van der Waals surface area contributed by atoms with E-state index in [4.69, 9.17) is 11.6 Å². The molecule has 1 aliphatic carbocycles. The standard InChI is InChI=1S/C21H30ClN3O4S/c1-15-12-16(22)10-11-18(15)25-19(26)13-24(30(3,28)29)14-21(25,2)20(27)23-17-8-6-4-5-7-9-17/h10-12,17H,4-9,13-14H2,1-3H3,(H,23,27)/t21-/m1/s1. The Morgan fingerprint density at radius 3 is 2.40 bits per heavy atom. The Morgan fingerprint density at radius 1 is 1.20 bits per heavy atom. The van der Waals surface area contributed by atoms with Crippen LogP contribution in [0.2, 0.25) is 5.02 Å². The Morgan fingerprint density at radius 2 is 1.83 bits per heavy atom. The number of carbonyl (C=O) groups excluding carboxylic acids is 2. The zero-order chi connectivity index (χ0) is 22.1. The van der Waals surface area contributed by atoms with Gasteiger partial charge in [0.1, 0.15) is 5.54 Å². The van der Waals surface area contributed by atoms with Crippen molar-refractivity contribution in [1.82, 2.24) is 9.62 Å². The number of halogens is 1. The van der Waals surface area contributed by atoms with Crippen molar-refractivity contribution in [1.29, 1.82) is 0 Å². The van der Waals surface area contributed by atoms with Crippen molar-refractivity contribution in [2.24, 2.45) is 0 Å². The third kappa shape index (κ3) is 4.81. The summed E-state index contributed by atoms with van der Waals surface area (Å²) in [6, 6.07) is 5.15. The third-order valence-electron chi connectivity index (χ3n) is 6.09. The molecule has 0 bridgehead atoms. The third-order valence-corrected chi connectivity index (χ3v) is 7.52. The largest absolute Gasteiger partial charge is 0.351 e. The molecule has 7 nitrogen and oxygen atoms in total. The molecule has 0 unspecified atom stereocenters. The van der Waals surface area contributed by atoms with Gasteiger partial charge in [-0.25, -0.2) is 8.42 Å². The quantitative estimate of drug-likeness (QED) is 0.707. The SMILES string of the molecule is Cc1cc(Cl)ccc1N1C(=O)CN(S(C)(=O)=O)C[C@]1(C)C(=O)NC1CCCCCC1. The van der Waals surface area contributed by atoms with Crippen LogP contribution in [0.4, 0.5) is 5.69 Å². The monoisotopic (exact) mass is 455 g/mol. The summed E-state index contributed by atoms with van der Waals surface area (Å²) in [5, 5.41) is 3.64. The first-order valence-corrected chi connectivity index (χ1v) is 12.6. The molecule has 1 aromatic rings. The van der Waals surface area contributed by atoms with E-state index in [-0.39, 0.29) is 25.0 Å². The number of nitrogens with zero attached hydrogens (tertiary/aromatic N) is 2. The fraction of sp³-hybridized carbons (Fsp3) is 0.619. The number of benzene rings is 1. The van der Waals surface area contributed by atoms with E-state index in [9.17, 15) is 18.0 Å². The molecular formula is C21H30ClN3O4S. The number of piperazine rings is 1. The molecule has 166 valence electrons. The number of aryl methyl sites for hydroxylation is 1. The number of anilines is 1. The first-order valence-electron chi connectivity index (χ1n) is 10.4. The van der Waals surface area contributed by atoms with Crippen LogP contribution >= 0.6 is 11.6 Å². The van der Waals surface area contributed by atoms with Crippen LogP contribution in [0.1, 0.15) is 51.0 Å². The summed E-state index contributed by atoms with van der Waals surface area (Å²) >= 11 is 6.08. The van der Waals surface area contributed by atoms with E-state index in [0.29, 0.717) is 10.7 Å². The maximum atomic E-state index is 13.5. The van der Waals surface area contributed by atoms with Crippen molar-refractivity contribution in [2.45, 2.75) is 64.0 Å². The topological polar surface area (TPSA) is 86.8 Å². The van der Waals surface area contributed by atoms with Gasteiger partial charge in [0.2, 0.25) is 21.8 Å². The van der Waals surface area contributed by atoms with Crippen LogP contribution < -0.4 is 10.2 Å². The van der Waals surface area contributed by atoms with Gasteiger partial charge in [-0.3, -0.25) is 14.5 Å². The summed E-state index contributed by atoms with van der Waals surface area (Å²) < 4.78 is 25.6. The van der Waals surface area contributed by atoms with Crippen LogP contribution in [-0.2, 0) is 19.6 Å². The molecule has 1 atom stereocenters. The van der Waals surface area contributed by atoms with E-state index in [1.165, 1.54) is 4.90 Å². The lowest BCUT2D eigenvalue weighted by Crippen LogP contribution is -2.70. The van der Waals surface area contributed by atoms with Gasteiger partial charge in [-0.2, -0.15) is 4.31 Å². The van der Waals surface area contributed by atoms with Gasteiger partial charge in [-0.15, -0.1) is 0 Å². The van der Waals surface area contributed by atoms with E-state index in [1.807, 2.05) is 6.92 Å². The predicted molar refractivity (Wildman–Crippen MR) is 118 cm³/mol. The van der Waals surface area contributed by atoms with Gasteiger partial charge in [0.25, 0.3) is 0 Å². The van der Waals surface area contributed by atoms with Crippen molar-refractivity contribution in [3.63, 3.8) is 0 Å². The molecule has 30 heavy (non-hydrogen) atoms. The van der Waals surface area contributed by atoms with E-state index in [1.54, 1.807) is 25.1 Å². The van der Waals surface area contributed by atoms with Gasteiger partial charge in [0, 0.05) is 23.3 Å². The minimum Gasteiger partial charge on any atom is -0.351 e. The maximum Gasteiger partial charge on any atom is 0.247 e. The fourth-order valence-electron chi connectivity index (χ4n) is 4.41. The van der Waals surface area contributed by atoms with Crippen molar-refractivity contribution in [3.8, 4) is 0 Å². The summed E-state index contributed by atoms with van der Waals surface area (Å²) in [5.74, 6) is -0.763. The Hall–Kier alpha value is -1.64. The summed E-state index contributed by atoms with van der Waals surface area (Å²) in [5.41, 5.74) is -0.0586. The van der Waals surface area contributed by atoms with Crippen LogP contribution in [0.3, 0.4) is 0 Å². The molecule has 1 heterocycles. The maximum absolute atomic E-state index is 13.5. The number of sulfonamides is 1. The molecule has 1 saturated heterocycles. The zero-order valence-corrected chi connectivity index (χ0v) is 19.4. The molecule has 2 aliphatic rings. The van der Waals surface area contributed by atoms with Gasteiger partial charge >= 0.3 is 0 Å². The van der Waals surface area contributed by atoms with Gasteiger partial charge in [0.15, 0.2) is 0 Å². The first-order chi connectivity index (χ1) is 14.0. The van der Waals surface area contributed by atoms with E-state index >= 15 is 0 Å². The Bertz CT molecular complexity index is 928. The molecule has 2 fully saturated rings. The number of nitrogens with one attached hydrogen (secondary N) is 1. The van der Waals surface area contributed by atoms with Gasteiger partial charge in [0.05, 0.1) is 12.8 Å². The van der Waals surface area contributed by atoms with Crippen molar-refractivity contribution < 1.29 is 18.0 Å². The molecule has 0 radical (unpaired) electrons. The lowest BCUT2D eigenvalue weighted by atomic mass is 9.92. The summed E-state index contributed by atoms with van der Waals surface area (Å²) in [6.07, 6.45) is 7.26. The Labute approximate surface area is 183 Å². The number of amides is 2. The average Bonchev–Trinajstić information content (AvgIpc) is 2.90. The number of rotatable bonds is 4. The molecule has 2 amide bonds. The Kier molecular flexibility index (Phi) is 6.79. The summed E-state index contributed by atoms with van der Waals surface area (Å²) in [4.78, 5) is 28.1. The highest BCUT2D eigenvalue weighted by molar-refractivity contribution is 7.88. The molecule has 9 heteroatoms.